The van der Waals surface area contributed by atoms with Crippen molar-refractivity contribution < 1.29 is 4.79 Å². The summed E-state index contributed by atoms with van der Waals surface area (Å²) in [7, 11) is 0. The first-order valence-electron chi connectivity index (χ1n) is 6.80. The van der Waals surface area contributed by atoms with Crippen LogP contribution < -0.4 is 5.32 Å². The van der Waals surface area contributed by atoms with E-state index in [1.165, 1.54) is 0 Å². The molecule has 0 saturated carbocycles. The second-order valence-corrected chi connectivity index (χ2v) is 5.26. The number of carbonyl (C=O) groups excluding carboxylic acids is 1. The monoisotopic (exact) mass is 281 g/mol. The average molecular weight is 282 g/mol. The fourth-order valence-corrected chi connectivity index (χ4v) is 2.64. The molecule has 4 nitrogen and oxygen atoms in total. The number of carbonyl (C=O) groups is 1. The first-order chi connectivity index (χ1) is 9.18. The molecular formula is C14H20ClN3O. The number of hydrogen-bond donors (Lipinski definition) is 1. The Kier molecular flexibility index (Phi) is 5.16. The second-order valence-electron chi connectivity index (χ2n) is 4.90. The predicted molar refractivity (Wildman–Crippen MR) is 76.1 cm³/mol. The smallest absolute Gasteiger partial charge is 0.222 e. The van der Waals surface area contributed by atoms with E-state index >= 15 is 0 Å². The van der Waals surface area contributed by atoms with Crippen LogP contribution in [0.4, 0.5) is 0 Å². The van der Waals surface area contributed by atoms with Crippen LogP contribution in [-0.2, 0) is 4.79 Å². The molecule has 2 rings (SSSR count). The molecule has 0 radical (unpaired) electrons. The summed E-state index contributed by atoms with van der Waals surface area (Å²) in [5, 5.41) is 3.97. The molecule has 2 heterocycles. The first-order valence-corrected chi connectivity index (χ1v) is 7.18. The fraction of sp³-hybridized carbons (Fsp3) is 0.571. The van der Waals surface area contributed by atoms with Gasteiger partial charge in [0.25, 0.3) is 0 Å². The molecule has 0 bridgehead atoms. The Bertz CT molecular complexity index is 438. The van der Waals surface area contributed by atoms with Gasteiger partial charge < -0.3 is 10.2 Å². The summed E-state index contributed by atoms with van der Waals surface area (Å²) in [6.45, 7) is 4.71. The van der Waals surface area contributed by atoms with Gasteiger partial charge in [0.05, 0.1) is 0 Å². The molecule has 1 atom stereocenters. The third-order valence-electron chi connectivity index (χ3n) is 3.48. The maximum atomic E-state index is 11.4. The van der Waals surface area contributed by atoms with E-state index in [4.69, 9.17) is 11.6 Å². The van der Waals surface area contributed by atoms with Crippen molar-refractivity contribution in [3.8, 4) is 0 Å². The normalized spacial score (nSPS) is 16.9. The average Bonchev–Trinajstić information content (AvgIpc) is 2.80. The van der Waals surface area contributed by atoms with Gasteiger partial charge in [0.1, 0.15) is 5.15 Å². The lowest BCUT2D eigenvalue weighted by atomic mass is 10.1. The van der Waals surface area contributed by atoms with Gasteiger partial charge in [0.15, 0.2) is 0 Å². The topological polar surface area (TPSA) is 45.2 Å². The highest BCUT2D eigenvalue weighted by Gasteiger charge is 2.19. The Morgan fingerprint density at radius 3 is 3.11 bits per heavy atom. The highest BCUT2D eigenvalue weighted by molar-refractivity contribution is 6.30. The molecule has 19 heavy (non-hydrogen) atoms. The molecule has 1 aliphatic heterocycles. The Balaban J connectivity index is 1.71. The number of rotatable bonds is 6. The summed E-state index contributed by atoms with van der Waals surface area (Å²) in [5.41, 5.74) is 1.02. The maximum absolute atomic E-state index is 11.4. The number of hydrogen-bond acceptors (Lipinski definition) is 3. The minimum atomic E-state index is 0.176. The van der Waals surface area contributed by atoms with Crippen LogP contribution in [0.5, 0.6) is 0 Å². The SMILES string of the molecule is C[C@@H](NCCCN1CCCC1=O)c1cccnc1Cl. The molecule has 1 fully saturated rings. The Labute approximate surface area is 119 Å². The number of nitrogens with one attached hydrogen (secondary N) is 1. The van der Waals surface area contributed by atoms with Crippen LogP contribution >= 0.6 is 11.6 Å². The van der Waals surface area contributed by atoms with Gasteiger partial charge in [0.2, 0.25) is 5.91 Å². The summed E-state index contributed by atoms with van der Waals surface area (Å²) >= 11 is 6.05. The largest absolute Gasteiger partial charge is 0.343 e. The molecule has 1 aromatic heterocycles. The summed E-state index contributed by atoms with van der Waals surface area (Å²) in [6.07, 6.45) is 4.38. The minimum Gasteiger partial charge on any atom is -0.343 e. The lowest BCUT2D eigenvalue weighted by molar-refractivity contribution is -0.127. The quantitative estimate of drug-likeness (QED) is 0.643. The van der Waals surface area contributed by atoms with Crippen LogP contribution in [0.15, 0.2) is 18.3 Å². The molecular weight excluding hydrogens is 262 g/mol. The molecule has 0 aliphatic carbocycles. The molecule has 1 aromatic rings. The van der Waals surface area contributed by atoms with Crippen LogP contribution in [0.1, 0.15) is 37.8 Å². The van der Waals surface area contributed by atoms with Gasteiger partial charge in [-0.1, -0.05) is 17.7 Å². The van der Waals surface area contributed by atoms with Crippen molar-refractivity contribution in [1.29, 1.82) is 0 Å². The van der Waals surface area contributed by atoms with Gasteiger partial charge in [-0.2, -0.15) is 0 Å². The van der Waals surface area contributed by atoms with E-state index in [0.717, 1.165) is 44.5 Å². The highest BCUT2D eigenvalue weighted by atomic mass is 35.5. The van der Waals surface area contributed by atoms with Crippen LogP contribution in [0.3, 0.4) is 0 Å². The molecule has 1 amide bonds. The molecule has 5 heteroatoms. The van der Waals surface area contributed by atoms with E-state index < -0.39 is 0 Å². The molecule has 1 N–H and O–H groups in total. The fourth-order valence-electron chi connectivity index (χ4n) is 2.36. The van der Waals surface area contributed by atoms with Gasteiger partial charge >= 0.3 is 0 Å². The van der Waals surface area contributed by atoms with E-state index in [1.54, 1.807) is 6.20 Å². The van der Waals surface area contributed by atoms with Crippen molar-refractivity contribution in [2.75, 3.05) is 19.6 Å². The molecule has 0 aromatic carbocycles. The number of likely N-dealkylation sites (tertiary alicyclic amines) is 1. The van der Waals surface area contributed by atoms with Crippen LogP contribution in [0.2, 0.25) is 5.15 Å². The lowest BCUT2D eigenvalue weighted by Crippen LogP contribution is -2.29. The summed E-state index contributed by atoms with van der Waals surface area (Å²) in [5.74, 6) is 0.295. The molecule has 104 valence electrons. The number of amides is 1. The van der Waals surface area contributed by atoms with Gasteiger partial charge in [-0.15, -0.1) is 0 Å². The molecule has 0 spiro atoms. The van der Waals surface area contributed by atoms with E-state index in [9.17, 15) is 4.79 Å². The van der Waals surface area contributed by atoms with Crippen molar-refractivity contribution in [2.24, 2.45) is 0 Å². The Morgan fingerprint density at radius 2 is 2.42 bits per heavy atom. The number of halogens is 1. The van der Waals surface area contributed by atoms with Crippen molar-refractivity contribution in [3.05, 3.63) is 29.0 Å². The third-order valence-corrected chi connectivity index (χ3v) is 3.80. The van der Waals surface area contributed by atoms with Crippen LogP contribution in [0, 0.1) is 0 Å². The maximum Gasteiger partial charge on any atom is 0.222 e. The van der Waals surface area contributed by atoms with Crippen LogP contribution in [-0.4, -0.2) is 35.4 Å². The highest BCUT2D eigenvalue weighted by Crippen LogP contribution is 2.19. The number of aromatic nitrogens is 1. The number of pyridine rings is 1. The third kappa shape index (κ3) is 3.91. The van der Waals surface area contributed by atoms with E-state index in [1.807, 2.05) is 17.0 Å². The van der Waals surface area contributed by atoms with Crippen molar-refractivity contribution in [3.63, 3.8) is 0 Å². The van der Waals surface area contributed by atoms with Gasteiger partial charge in [-0.25, -0.2) is 4.98 Å². The van der Waals surface area contributed by atoms with E-state index in [2.05, 4.69) is 17.2 Å². The Morgan fingerprint density at radius 1 is 1.58 bits per heavy atom. The summed E-state index contributed by atoms with van der Waals surface area (Å²) in [6, 6.07) is 4.05. The van der Waals surface area contributed by atoms with Crippen molar-refractivity contribution in [1.82, 2.24) is 15.2 Å². The number of nitrogens with zero attached hydrogens (tertiary/aromatic N) is 2. The Hall–Kier alpha value is -1.13. The predicted octanol–water partition coefficient (Wildman–Crippen LogP) is 2.40. The van der Waals surface area contributed by atoms with Crippen LogP contribution in [0.25, 0.3) is 0 Å². The summed E-state index contributed by atoms with van der Waals surface area (Å²) < 4.78 is 0. The van der Waals surface area contributed by atoms with Gasteiger partial charge in [-0.3, -0.25) is 4.79 Å². The molecule has 1 aliphatic rings. The van der Waals surface area contributed by atoms with Gasteiger partial charge in [0, 0.05) is 37.3 Å². The van der Waals surface area contributed by atoms with Gasteiger partial charge in [-0.05, 0) is 32.4 Å². The molecule has 0 unspecified atom stereocenters. The lowest BCUT2D eigenvalue weighted by Gasteiger charge is -2.18. The first kappa shape index (κ1) is 14.3. The second kappa shape index (κ2) is 6.87. The zero-order valence-electron chi connectivity index (χ0n) is 11.2. The molecule has 1 saturated heterocycles. The standard InChI is InChI=1S/C14H20ClN3O/c1-11(12-5-2-7-17-14(12)15)16-8-4-10-18-9-3-6-13(18)19/h2,5,7,11,16H,3-4,6,8-10H2,1H3/t11-/m1/s1. The van der Waals surface area contributed by atoms with E-state index in [0.29, 0.717) is 11.1 Å². The zero-order chi connectivity index (χ0) is 13.7. The van der Waals surface area contributed by atoms with E-state index in [-0.39, 0.29) is 6.04 Å². The summed E-state index contributed by atoms with van der Waals surface area (Å²) in [4.78, 5) is 17.5. The minimum absolute atomic E-state index is 0.176. The van der Waals surface area contributed by atoms with Crippen molar-refractivity contribution >= 4 is 17.5 Å². The van der Waals surface area contributed by atoms with Crippen molar-refractivity contribution in [2.45, 2.75) is 32.2 Å². The zero-order valence-corrected chi connectivity index (χ0v) is 12.0.